The highest BCUT2D eigenvalue weighted by Gasteiger charge is 2.53. The van der Waals surface area contributed by atoms with Crippen molar-refractivity contribution in [3.05, 3.63) is 64.8 Å². The first kappa shape index (κ1) is 41.6. The summed E-state index contributed by atoms with van der Waals surface area (Å²) in [7, 11) is -3.95. The van der Waals surface area contributed by atoms with E-state index < -0.39 is 74.3 Å². The number of ketones is 1. The van der Waals surface area contributed by atoms with E-state index in [9.17, 15) is 37.2 Å². The molecule has 2 saturated carbocycles. The van der Waals surface area contributed by atoms with Crippen molar-refractivity contribution in [1.82, 2.24) is 25.2 Å². The molecule has 2 aliphatic carbocycles. The van der Waals surface area contributed by atoms with Crippen molar-refractivity contribution < 1.29 is 46.7 Å². The number of nitrogens with zero attached hydrogens (tertiary/aromatic N) is 2. The molecule has 4 bridgehead atoms. The molecule has 6 rings (SSSR count). The highest BCUT2D eigenvalue weighted by atomic mass is 32.2. The number of rotatable bonds is 9. The van der Waals surface area contributed by atoms with Crippen LogP contribution in [0.5, 0.6) is 0 Å². The van der Waals surface area contributed by atoms with Crippen molar-refractivity contribution >= 4 is 51.8 Å². The molecule has 3 N–H and O–H groups in total. The molecule has 1 saturated heterocycles. The standard InChI is InChI=1S/C41H53N5O10S/c1-25(2)17-29(47)12-15-33-36(49)46-22-30(18-34(46)35(48)43-41(19-26(3)20-41)37(50)44-57(53,54)31-13-14-31)56-39(52)45-21-28-11-8-10-27(32(28)23-45)9-6-7-16-40(4,5)24-55-38(51)42-33/h6,8-11,17,30-31,33-34H,3,7,12-16,18-24H2,1-2,4-5H3,(H,42,51)(H,43,48)(H,44,50)/b9-6+/t30-,33+,34+/m1/s1. The van der Waals surface area contributed by atoms with Crippen molar-refractivity contribution in [1.29, 1.82) is 0 Å². The number of ether oxygens (including phenoxy) is 2. The lowest BCUT2D eigenvalue weighted by molar-refractivity contribution is -0.142. The van der Waals surface area contributed by atoms with Gasteiger partial charge in [0.25, 0.3) is 5.91 Å². The highest BCUT2D eigenvalue weighted by Crippen LogP contribution is 2.38. The third-order valence-corrected chi connectivity index (χ3v) is 12.9. The first-order valence-corrected chi connectivity index (χ1v) is 21.1. The maximum absolute atomic E-state index is 14.5. The molecule has 3 atom stereocenters. The second-order valence-electron chi connectivity index (χ2n) is 17.0. The van der Waals surface area contributed by atoms with Gasteiger partial charge in [-0.2, -0.15) is 0 Å². The van der Waals surface area contributed by atoms with Crippen molar-refractivity contribution in [3.8, 4) is 0 Å². The van der Waals surface area contributed by atoms with Crippen molar-refractivity contribution in [2.45, 2.75) is 128 Å². The first-order chi connectivity index (χ1) is 26.8. The lowest BCUT2D eigenvalue weighted by Crippen LogP contribution is -2.66. The molecule has 5 aliphatic rings. The van der Waals surface area contributed by atoms with Crippen LogP contribution in [0.2, 0.25) is 0 Å². The Kier molecular flexibility index (Phi) is 12.0. The minimum Gasteiger partial charge on any atom is -0.449 e. The third-order valence-electron chi connectivity index (χ3n) is 11.1. The smallest absolute Gasteiger partial charge is 0.410 e. The van der Waals surface area contributed by atoms with Crippen LogP contribution in [0.15, 0.2) is 48.1 Å². The van der Waals surface area contributed by atoms with Crippen LogP contribution in [-0.2, 0) is 51.8 Å². The van der Waals surface area contributed by atoms with Gasteiger partial charge in [0.2, 0.25) is 21.8 Å². The van der Waals surface area contributed by atoms with Gasteiger partial charge in [0, 0.05) is 32.2 Å². The second kappa shape index (κ2) is 16.5. The van der Waals surface area contributed by atoms with E-state index in [0.29, 0.717) is 44.3 Å². The predicted molar refractivity (Wildman–Crippen MR) is 209 cm³/mol. The Hall–Kier alpha value is -4.99. The monoisotopic (exact) mass is 807 g/mol. The number of cyclic esters (lactones) is 1. The van der Waals surface area contributed by atoms with Gasteiger partial charge in [-0.1, -0.05) is 61.9 Å². The number of amides is 5. The lowest BCUT2D eigenvalue weighted by atomic mass is 9.72. The third kappa shape index (κ3) is 9.94. The minimum atomic E-state index is -3.95. The first-order valence-electron chi connectivity index (χ1n) is 19.5. The second-order valence-corrected chi connectivity index (χ2v) is 19.0. The molecule has 3 heterocycles. The quantitative estimate of drug-likeness (QED) is 0.241. The molecule has 1 aromatic carbocycles. The van der Waals surface area contributed by atoms with Gasteiger partial charge in [0.15, 0.2) is 5.78 Å². The Morgan fingerprint density at radius 1 is 1.09 bits per heavy atom. The molecule has 0 unspecified atom stereocenters. The maximum atomic E-state index is 14.5. The molecule has 15 nitrogen and oxygen atoms in total. The summed E-state index contributed by atoms with van der Waals surface area (Å²) < 4.78 is 39.2. The van der Waals surface area contributed by atoms with Crippen LogP contribution >= 0.6 is 0 Å². The van der Waals surface area contributed by atoms with Gasteiger partial charge < -0.3 is 25.0 Å². The number of allylic oxidation sites excluding steroid dienone is 3. The molecular formula is C41H53N5O10S. The average molecular weight is 808 g/mol. The van der Waals surface area contributed by atoms with Gasteiger partial charge in [0.05, 0.1) is 24.9 Å². The van der Waals surface area contributed by atoms with Crippen LogP contribution in [0, 0.1) is 5.41 Å². The van der Waals surface area contributed by atoms with E-state index in [4.69, 9.17) is 9.47 Å². The van der Waals surface area contributed by atoms with Gasteiger partial charge in [-0.15, -0.1) is 0 Å². The predicted octanol–water partition coefficient (Wildman–Crippen LogP) is 4.17. The molecular weight excluding hydrogens is 755 g/mol. The largest absolute Gasteiger partial charge is 0.449 e. The van der Waals surface area contributed by atoms with Crippen LogP contribution in [-0.4, -0.2) is 96.0 Å². The van der Waals surface area contributed by atoms with Gasteiger partial charge in [-0.3, -0.25) is 28.8 Å². The summed E-state index contributed by atoms with van der Waals surface area (Å²) in [5.41, 5.74) is 2.23. The number of hydrogen-bond acceptors (Lipinski definition) is 10. The normalized spacial score (nSPS) is 25.2. The highest BCUT2D eigenvalue weighted by molar-refractivity contribution is 7.91. The summed E-state index contributed by atoms with van der Waals surface area (Å²) in [6, 6.07) is 3.25. The molecule has 0 aromatic heterocycles. The molecule has 308 valence electrons. The fourth-order valence-corrected chi connectivity index (χ4v) is 9.16. The number of hydrogen-bond donors (Lipinski definition) is 3. The SMILES string of the molecule is C=C1CC(NC(=O)[C@@H]2C[C@@H]3CN2C(=O)[C@H](CCC(=O)C=C(C)C)NC(=O)OCC(C)(C)CC/C=C/c2cccc4c2CN(C4)C(=O)O3)(C(=O)NS(=O)(=O)C2CC2)C1. The summed E-state index contributed by atoms with van der Waals surface area (Å²) in [4.78, 5) is 84.9. The van der Waals surface area contributed by atoms with Crippen LogP contribution in [0.3, 0.4) is 0 Å². The summed E-state index contributed by atoms with van der Waals surface area (Å²) in [6.45, 7) is 11.7. The molecule has 1 aromatic rings. The number of nitrogens with one attached hydrogen (secondary N) is 3. The van der Waals surface area contributed by atoms with E-state index in [2.05, 4.69) is 21.9 Å². The van der Waals surface area contributed by atoms with E-state index >= 15 is 0 Å². The van der Waals surface area contributed by atoms with Crippen LogP contribution < -0.4 is 15.4 Å². The fourth-order valence-electron chi connectivity index (χ4n) is 7.78. The Morgan fingerprint density at radius 3 is 2.51 bits per heavy atom. The summed E-state index contributed by atoms with van der Waals surface area (Å²) in [5.74, 6) is -2.67. The fraction of sp³-hybridized carbons (Fsp3) is 0.561. The maximum Gasteiger partial charge on any atom is 0.410 e. The van der Waals surface area contributed by atoms with Gasteiger partial charge in [-0.25, -0.2) is 18.0 Å². The summed E-state index contributed by atoms with van der Waals surface area (Å²) in [5, 5.41) is 4.66. The van der Waals surface area contributed by atoms with Gasteiger partial charge >= 0.3 is 12.2 Å². The molecule has 5 amide bonds. The molecule has 0 spiro atoms. The van der Waals surface area contributed by atoms with E-state index in [1.54, 1.807) is 18.7 Å². The van der Waals surface area contributed by atoms with Crippen molar-refractivity contribution in [2.75, 3.05) is 13.2 Å². The molecule has 57 heavy (non-hydrogen) atoms. The number of carbonyl (C=O) groups is 6. The molecule has 0 radical (unpaired) electrons. The van der Waals surface area contributed by atoms with Crippen LogP contribution in [0.25, 0.3) is 6.08 Å². The Labute approximate surface area is 333 Å². The molecule has 3 fully saturated rings. The molecule has 16 heteroatoms. The number of fused-ring (bicyclic) bond motifs is 3. The zero-order chi connectivity index (χ0) is 41.3. The summed E-state index contributed by atoms with van der Waals surface area (Å²) >= 11 is 0. The van der Waals surface area contributed by atoms with E-state index in [1.807, 2.05) is 44.2 Å². The Balaban J connectivity index is 1.30. The minimum absolute atomic E-state index is 0.0185. The number of alkyl carbamates (subject to hydrolysis) is 1. The zero-order valence-electron chi connectivity index (χ0n) is 33.1. The van der Waals surface area contributed by atoms with Crippen molar-refractivity contribution in [3.63, 3.8) is 0 Å². The topological polar surface area (TPSA) is 198 Å². The van der Waals surface area contributed by atoms with Crippen molar-refractivity contribution in [2.24, 2.45) is 5.41 Å². The van der Waals surface area contributed by atoms with E-state index in [1.165, 1.54) is 11.0 Å². The van der Waals surface area contributed by atoms with E-state index in [-0.39, 0.29) is 51.0 Å². The average Bonchev–Trinajstić information content (AvgIpc) is 3.77. The summed E-state index contributed by atoms with van der Waals surface area (Å²) in [6.07, 6.45) is 4.81. The number of sulfonamides is 1. The number of benzene rings is 1. The van der Waals surface area contributed by atoms with Crippen LogP contribution in [0.4, 0.5) is 9.59 Å². The molecule has 3 aliphatic heterocycles. The number of carbonyl (C=O) groups excluding carboxylic acids is 6. The lowest BCUT2D eigenvalue weighted by Gasteiger charge is -2.43. The zero-order valence-corrected chi connectivity index (χ0v) is 33.9. The Bertz CT molecular complexity index is 2010. The van der Waals surface area contributed by atoms with Crippen LogP contribution in [0.1, 0.15) is 102 Å². The Morgan fingerprint density at radius 2 is 1.82 bits per heavy atom. The van der Waals surface area contributed by atoms with E-state index in [0.717, 1.165) is 22.3 Å². The van der Waals surface area contributed by atoms with Gasteiger partial charge in [-0.05, 0) is 74.1 Å². The van der Waals surface area contributed by atoms with Gasteiger partial charge in [0.1, 0.15) is 23.7 Å².